The van der Waals surface area contributed by atoms with Gasteiger partial charge in [0.15, 0.2) is 0 Å². The summed E-state index contributed by atoms with van der Waals surface area (Å²) in [6, 6.07) is -1.33. The highest BCUT2D eigenvalue weighted by Crippen LogP contribution is 1.58. The van der Waals surface area contributed by atoms with Gasteiger partial charge in [-0.3, -0.25) is 4.79 Å². The van der Waals surface area contributed by atoms with Gasteiger partial charge in [0, 0.05) is 6.92 Å². The first kappa shape index (κ1) is 9.75. The van der Waals surface area contributed by atoms with Crippen LogP contribution in [0.5, 0.6) is 0 Å². The Hall–Kier alpha value is -0.440. The lowest BCUT2D eigenvalue weighted by molar-refractivity contribution is -0.126. The number of rotatable bonds is 0. The molecule has 0 spiro atoms. The molecule has 0 unspecified atom stereocenters. The van der Waals surface area contributed by atoms with Crippen LogP contribution in [0.4, 0.5) is 4.39 Å². The lowest BCUT2D eigenvalue weighted by Gasteiger charge is -1.59. The number of carbonyl (C=O) groups excluding carboxylic acids is 1. The molecule has 0 aromatic carbocycles. The molecule has 0 bridgehead atoms. The predicted molar refractivity (Wildman–Crippen MR) is 26.8 cm³/mol. The van der Waals surface area contributed by atoms with Crippen LogP contribution in [0.2, 0.25) is 0 Å². The standard InChI is InChI=1S/C2H3FO.C2H7N/c1-2(3)4;1-3-2/h1H3;3H,1-2H3. The minimum absolute atomic E-state index is 0.861. The molecule has 0 aromatic rings. The Labute approximate surface area is 42.7 Å². The molecule has 0 amide bonds. The third-order valence-corrected chi connectivity index (χ3v) is 0. The van der Waals surface area contributed by atoms with Crippen molar-refractivity contribution in [1.29, 1.82) is 0 Å². The van der Waals surface area contributed by atoms with E-state index in [1.54, 1.807) is 0 Å². The van der Waals surface area contributed by atoms with Crippen molar-refractivity contribution in [3.05, 3.63) is 0 Å². The second-order valence-corrected chi connectivity index (χ2v) is 0.970. The lowest BCUT2D eigenvalue weighted by Crippen LogP contribution is -1.89. The van der Waals surface area contributed by atoms with E-state index in [-0.39, 0.29) is 0 Å². The summed E-state index contributed by atoms with van der Waals surface area (Å²) in [5.41, 5.74) is 0. The molecule has 0 rings (SSSR count). The molecule has 0 aromatic heterocycles. The van der Waals surface area contributed by atoms with E-state index in [1.807, 2.05) is 14.1 Å². The average Bonchev–Trinajstić information content (AvgIpc) is 1.33. The molecule has 0 aliphatic carbocycles. The minimum Gasteiger partial charge on any atom is -0.323 e. The molecular formula is C4H10FNO. The van der Waals surface area contributed by atoms with E-state index in [0.29, 0.717) is 0 Å². The second-order valence-electron chi connectivity index (χ2n) is 0.970. The fourth-order valence-electron chi connectivity index (χ4n) is 0. The zero-order chi connectivity index (χ0) is 6.28. The van der Waals surface area contributed by atoms with Gasteiger partial charge >= 0.3 is 0 Å². The number of carbonyl (C=O) groups is 1. The summed E-state index contributed by atoms with van der Waals surface area (Å²) in [6.07, 6.45) is 0. The van der Waals surface area contributed by atoms with E-state index < -0.39 is 6.04 Å². The number of hydrogen-bond acceptors (Lipinski definition) is 2. The van der Waals surface area contributed by atoms with E-state index in [9.17, 15) is 4.39 Å². The zero-order valence-electron chi connectivity index (χ0n) is 4.79. The van der Waals surface area contributed by atoms with Crippen molar-refractivity contribution in [2.45, 2.75) is 6.92 Å². The molecule has 0 aliphatic rings. The first-order chi connectivity index (χ1) is 3.15. The average molecular weight is 107 g/mol. The third-order valence-electron chi connectivity index (χ3n) is 0. The van der Waals surface area contributed by atoms with E-state index in [4.69, 9.17) is 4.79 Å². The third kappa shape index (κ3) is 364. The first-order valence-corrected chi connectivity index (χ1v) is 1.89. The smallest absolute Gasteiger partial charge is 0.298 e. The SMILES string of the molecule is CC(=O)F.CNC. The Morgan fingerprint density at radius 3 is 1.57 bits per heavy atom. The summed E-state index contributed by atoms with van der Waals surface area (Å²) in [5, 5.41) is 2.75. The van der Waals surface area contributed by atoms with Gasteiger partial charge in [-0.15, -0.1) is 0 Å². The topological polar surface area (TPSA) is 29.1 Å². The van der Waals surface area contributed by atoms with Gasteiger partial charge in [-0.2, -0.15) is 4.39 Å². The maximum atomic E-state index is 10.4. The molecule has 0 heterocycles. The van der Waals surface area contributed by atoms with Crippen LogP contribution in [0.3, 0.4) is 0 Å². The number of hydrogen-bond donors (Lipinski definition) is 1. The molecule has 3 heteroatoms. The van der Waals surface area contributed by atoms with Crippen LogP contribution in [0, 0.1) is 0 Å². The van der Waals surface area contributed by atoms with Crippen LogP contribution in [0.15, 0.2) is 0 Å². The molecule has 0 atom stereocenters. The molecule has 44 valence electrons. The van der Waals surface area contributed by atoms with E-state index in [2.05, 4.69) is 5.32 Å². The van der Waals surface area contributed by atoms with Gasteiger partial charge < -0.3 is 5.32 Å². The Bertz CT molecular complexity index is 43.0. The zero-order valence-corrected chi connectivity index (χ0v) is 4.79. The summed E-state index contributed by atoms with van der Waals surface area (Å²) in [4.78, 5) is 8.78. The van der Waals surface area contributed by atoms with Crippen molar-refractivity contribution < 1.29 is 9.18 Å². The molecule has 7 heavy (non-hydrogen) atoms. The fourth-order valence-corrected chi connectivity index (χ4v) is 0. The van der Waals surface area contributed by atoms with Crippen LogP contribution in [0.1, 0.15) is 6.92 Å². The van der Waals surface area contributed by atoms with Crippen molar-refractivity contribution in [3.8, 4) is 0 Å². The van der Waals surface area contributed by atoms with Gasteiger partial charge in [-0.25, -0.2) is 0 Å². The van der Waals surface area contributed by atoms with Gasteiger partial charge in [0.05, 0.1) is 0 Å². The van der Waals surface area contributed by atoms with Crippen molar-refractivity contribution in [2.24, 2.45) is 0 Å². The monoisotopic (exact) mass is 107 g/mol. The van der Waals surface area contributed by atoms with Crippen molar-refractivity contribution >= 4 is 6.04 Å². The van der Waals surface area contributed by atoms with Crippen LogP contribution in [-0.4, -0.2) is 20.1 Å². The predicted octanol–water partition coefficient (Wildman–Crippen LogP) is 0.338. The highest BCUT2D eigenvalue weighted by Gasteiger charge is 1.69. The maximum absolute atomic E-state index is 10.4. The largest absolute Gasteiger partial charge is 0.323 e. The van der Waals surface area contributed by atoms with Crippen LogP contribution < -0.4 is 5.32 Å². The quantitative estimate of drug-likeness (QED) is 0.452. The fraction of sp³-hybridized carbons (Fsp3) is 0.750. The molecular weight excluding hydrogens is 97.0 g/mol. The van der Waals surface area contributed by atoms with Crippen molar-refractivity contribution in [2.75, 3.05) is 14.1 Å². The number of nitrogens with one attached hydrogen (secondary N) is 1. The highest BCUT2D eigenvalue weighted by molar-refractivity contribution is 5.64. The summed E-state index contributed by atoms with van der Waals surface area (Å²) >= 11 is 0. The van der Waals surface area contributed by atoms with Gasteiger partial charge in [0.1, 0.15) is 0 Å². The van der Waals surface area contributed by atoms with Crippen LogP contribution in [0.25, 0.3) is 0 Å². The minimum atomic E-state index is -1.33. The molecule has 2 nitrogen and oxygen atoms in total. The van der Waals surface area contributed by atoms with Gasteiger partial charge in [-0.05, 0) is 14.1 Å². The molecule has 0 aliphatic heterocycles. The molecule has 1 N–H and O–H groups in total. The number of halogens is 1. The Morgan fingerprint density at radius 2 is 1.57 bits per heavy atom. The summed E-state index contributed by atoms with van der Waals surface area (Å²) in [6.45, 7) is 0.861. The van der Waals surface area contributed by atoms with Gasteiger partial charge in [0.25, 0.3) is 6.04 Å². The normalized spacial score (nSPS) is 6.29. The van der Waals surface area contributed by atoms with Crippen LogP contribution >= 0.6 is 0 Å². The molecule has 0 fully saturated rings. The Morgan fingerprint density at radius 1 is 1.57 bits per heavy atom. The van der Waals surface area contributed by atoms with Crippen LogP contribution in [-0.2, 0) is 4.79 Å². The van der Waals surface area contributed by atoms with Gasteiger partial charge in [0.2, 0.25) is 0 Å². The molecule has 0 saturated carbocycles. The Kier molecular flexibility index (Phi) is 12.7. The second kappa shape index (κ2) is 9.12. The van der Waals surface area contributed by atoms with Gasteiger partial charge in [-0.1, -0.05) is 0 Å². The van der Waals surface area contributed by atoms with Crippen molar-refractivity contribution in [3.63, 3.8) is 0 Å². The van der Waals surface area contributed by atoms with Crippen molar-refractivity contribution in [1.82, 2.24) is 5.32 Å². The summed E-state index contributed by atoms with van der Waals surface area (Å²) < 4.78 is 10.4. The lowest BCUT2D eigenvalue weighted by atomic mass is 10.9. The Balaban J connectivity index is 0. The maximum Gasteiger partial charge on any atom is 0.298 e. The van der Waals surface area contributed by atoms with E-state index >= 15 is 0 Å². The molecule has 0 radical (unpaired) electrons. The van der Waals surface area contributed by atoms with E-state index in [1.165, 1.54) is 0 Å². The molecule has 0 saturated heterocycles. The first-order valence-electron chi connectivity index (χ1n) is 1.89. The highest BCUT2D eigenvalue weighted by atomic mass is 19.1. The summed E-state index contributed by atoms with van der Waals surface area (Å²) in [5.74, 6) is 0. The summed E-state index contributed by atoms with van der Waals surface area (Å²) in [7, 11) is 3.75. The van der Waals surface area contributed by atoms with E-state index in [0.717, 1.165) is 6.92 Å².